The molecule has 0 spiro atoms. The molecule has 0 saturated carbocycles. The number of ether oxygens (including phenoxy) is 1. The number of amides is 2. The monoisotopic (exact) mass is 470 g/mol. The summed E-state index contributed by atoms with van der Waals surface area (Å²) < 4.78 is 20.1. The molecule has 4 rings (SSSR count). The average molecular weight is 471 g/mol. The summed E-state index contributed by atoms with van der Waals surface area (Å²) in [5.74, 6) is -1.15. The maximum Gasteiger partial charge on any atom is 0.280 e. The van der Waals surface area contributed by atoms with Gasteiger partial charge in [-0.1, -0.05) is 24.3 Å². The molecule has 2 heterocycles. The number of rotatable bonds is 7. The fourth-order valence-corrected chi connectivity index (χ4v) is 5.12. The van der Waals surface area contributed by atoms with Crippen LogP contribution in [0.5, 0.6) is 0 Å². The van der Waals surface area contributed by atoms with E-state index in [1.165, 1.54) is 30.2 Å². The molecular formula is C24H27FN4O3S. The van der Waals surface area contributed by atoms with Crippen molar-refractivity contribution in [3.05, 3.63) is 64.8 Å². The molecule has 1 fully saturated rings. The summed E-state index contributed by atoms with van der Waals surface area (Å²) in [6.45, 7) is 4.30. The largest absolute Gasteiger partial charge is 0.380 e. The molecule has 3 aromatic rings. The molecule has 2 amide bonds. The van der Waals surface area contributed by atoms with Gasteiger partial charge in [-0.05, 0) is 24.3 Å². The number of para-hydroxylation sites is 1. The Labute approximate surface area is 196 Å². The molecular weight excluding hydrogens is 443 g/mol. The maximum absolute atomic E-state index is 14.3. The number of methoxy groups -OCH3 is 1. The number of thiophene rings is 1. The van der Waals surface area contributed by atoms with Crippen LogP contribution in [0.1, 0.15) is 21.7 Å². The number of benzene rings is 2. The van der Waals surface area contributed by atoms with Crippen molar-refractivity contribution in [3.8, 4) is 0 Å². The molecule has 1 saturated heterocycles. The summed E-state index contributed by atoms with van der Waals surface area (Å²) in [6, 6.07) is 15.0. The Morgan fingerprint density at radius 2 is 1.79 bits per heavy atom. The fraction of sp³-hybridized carbons (Fsp3) is 0.333. The smallest absolute Gasteiger partial charge is 0.280 e. The van der Waals surface area contributed by atoms with E-state index in [0.29, 0.717) is 27.1 Å². The van der Waals surface area contributed by atoms with Crippen LogP contribution >= 0.6 is 11.3 Å². The lowest BCUT2D eigenvalue weighted by Gasteiger charge is -2.36. The van der Waals surface area contributed by atoms with Gasteiger partial charge in [0.1, 0.15) is 10.7 Å². The molecule has 0 bridgehead atoms. The molecule has 33 heavy (non-hydrogen) atoms. The first-order chi connectivity index (χ1) is 16.1. The van der Waals surface area contributed by atoms with E-state index >= 15 is 0 Å². The first-order valence-corrected chi connectivity index (χ1v) is 11.7. The molecule has 174 valence electrons. The van der Waals surface area contributed by atoms with E-state index < -0.39 is 11.7 Å². The summed E-state index contributed by atoms with van der Waals surface area (Å²) in [5.41, 5.74) is 6.64. The van der Waals surface area contributed by atoms with Crippen molar-refractivity contribution in [1.82, 2.24) is 15.8 Å². The van der Waals surface area contributed by atoms with Crippen LogP contribution in [0.15, 0.2) is 48.5 Å². The zero-order valence-corrected chi connectivity index (χ0v) is 19.3. The Balaban J connectivity index is 1.26. The number of anilines is 1. The number of halogens is 1. The molecule has 2 N–H and O–H groups in total. The zero-order valence-electron chi connectivity index (χ0n) is 18.5. The predicted molar refractivity (Wildman–Crippen MR) is 128 cm³/mol. The number of fused-ring (bicyclic) bond motifs is 1. The highest BCUT2D eigenvalue weighted by Crippen LogP contribution is 2.33. The second-order valence-electron chi connectivity index (χ2n) is 7.87. The molecule has 2 aromatic carbocycles. The number of piperazine rings is 1. The summed E-state index contributed by atoms with van der Waals surface area (Å²) in [5, 5.41) is 0.385. The van der Waals surface area contributed by atoms with Gasteiger partial charge in [-0.25, -0.2) is 4.39 Å². The van der Waals surface area contributed by atoms with Crippen molar-refractivity contribution in [1.29, 1.82) is 0 Å². The highest BCUT2D eigenvalue weighted by molar-refractivity contribution is 7.21. The number of hydrazine groups is 1. The van der Waals surface area contributed by atoms with Crippen LogP contribution in [-0.4, -0.2) is 56.5 Å². The molecule has 1 aliphatic heterocycles. The van der Waals surface area contributed by atoms with Crippen LogP contribution < -0.4 is 15.8 Å². The summed E-state index contributed by atoms with van der Waals surface area (Å²) in [6.07, 6.45) is 0.275. The molecule has 1 aliphatic rings. The van der Waals surface area contributed by atoms with Crippen LogP contribution in [-0.2, 0) is 16.1 Å². The van der Waals surface area contributed by atoms with Crippen LogP contribution in [0, 0.1) is 5.82 Å². The fourth-order valence-electron chi connectivity index (χ4n) is 4.01. The molecule has 0 aliphatic carbocycles. The lowest BCUT2D eigenvalue weighted by Crippen LogP contribution is -2.48. The Morgan fingerprint density at radius 1 is 1.03 bits per heavy atom. The molecule has 9 heteroatoms. The Bertz CT molecular complexity index is 1110. The molecule has 0 unspecified atom stereocenters. The zero-order chi connectivity index (χ0) is 23.2. The van der Waals surface area contributed by atoms with Crippen molar-refractivity contribution in [3.63, 3.8) is 0 Å². The van der Waals surface area contributed by atoms with E-state index in [0.717, 1.165) is 26.2 Å². The topological polar surface area (TPSA) is 73.9 Å². The minimum absolute atomic E-state index is 0.104. The molecule has 1 aromatic heterocycles. The number of hydrogen-bond acceptors (Lipinski definition) is 6. The van der Waals surface area contributed by atoms with E-state index in [-0.39, 0.29) is 18.9 Å². The quantitative estimate of drug-likeness (QED) is 0.519. The number of hydrogen-bond donors (Lipinski definition) is 2. The third-order valence-electron chi connectivity index (χ3n) is 5.72. The predicted octanol–water partition coefficient (Wildman–Crippen LogP) is 3.16. The second-order valence-corrected chi connectivity index (χ2v) is 8.92. The lowest BCUT2D eigenvalue weighted by molar-refractivity contribution is -0.122. The Morgan fingerprint density at radius 3 is 2.52 bits per heavy atom. The highest BCUT2D eigenvalue weighted by atomic mass is 32.1. The van der Waals surface area contributed by atoms with Gasteiger partial charge in [0, 0.05) is 67.6 Å². The molecule has 0 atom stereocenters. The van der Waals surface area contributed by atoms with Crippen LogP contribution in [0.3, 0.4) is 0 Å². The van der Waals surface area contributed by atoms with E-state index in [9.17, 15) is 14.0 Å². The normalized spacial score (nSPS) is 14.4. The highest BCUT2D eigenvalue weighted by Gasteiger charge is 2.22. The van der Waals surface area contributed by atoms with Gasteiger partial charge in [0.05, 0.1) is 6.61 Å². The van der Waals surface area contributed by atoms with E-state index in [2.05, 4.69) is 32.8 Å². The van der Waals surface area contributed by atoms with Gasteiger partial charge in [0.15, 0.2) is 0 Å². The van der Waals surface area contributed by atoms with Crippen molar-refractivity contribution in [2.75, 3.05) is 44.7 Å². The van der Waals surface area contributed by atoms with Gasteiger partial charge in [-0.15, -0.1) is 11.3 Å². The SMILES string of the molecule is COCc1c(C(=O)NNC(=O)CCN2CCN(c3ccccc3)CC2)sc2cccc(F)c12. The van der Waals surface area contributed by atoms with Gasteiger partial charge >= 0.3 is 0 Å². The maximum atomic E-state index is 14.3. The number of nitrogens with one attached hydrogen (secondary N) is 2. The van der Waals surface area contributed by atoms with Crippen LogP contribution in [0.25, 0.3) is 10.1 Å². The van der Waals surface area contributed by atoms with Gasteiger partial charge in [0.25, 0.3) is 5.91 Å². The van der Waals surface area contributed by atoms with Gasteiger partial charge in [-0.2, -0.15) is 0 Å². The number of nitrogens with zero attached hydrogens (tertiary/aromatic N) is 2. The standard InChI is InChI=1S/C24H27FN4O3S/c1-32-16-18-22-19(25)8-5-9-20(22)33-23(18)24(31)27-26-21(30)10-11-28-12-14-29(15-13-28)17-6-3-2-4-7-17/h2-9H,10-16H2,1H3,(H,26,30)(H,27,31). The number of carbonyl (C=O) groups is 2. The van der Waals surface area contributed by atoms with Crippen molar-refractivity contribution >= 4 is 38.9 Å². The van der Waals surface area contributed by atoms with Crippen LogP contribution in [0.2, 0.25) is 0 Å². The van der Waals surface area contributed by atoms with E-state index in [4.69, 9.17) is 4.74 Å². The van der Waals surface area contributed by atoms with Gasteiger partial charge < -0.3 is 9.64 Å². The Kier molecular flexibility index (Phi) is 7.54. The summed E-state index contributed by atoms with van der Waals surface area (Å²) in [4.78, 5) is 29.9. The third kappa shape index (κ3) is 5.50. The average Bonchev–Trinajstić information content (AvgIpc) is 3.22. The third-order valence-corrected chi connectivity index (χ3v) is 6.92. The molecule has 7 nitrogen and oxygen atoms in total. The summed E-state index contributed by atoms with van der Waals surface area (Å²) >= 11 is 1.18. The van der Waals surface area contributed by atoms with E-state index in [1.807, 2.05) is 18.2 Å². The van der Waals surface area contributed by atoms with Crippen LogP contribution in [0.4, 0.5) is 10.1 Å². The summed E-state index contributed by atoms with van der Waals surface area (Å²) in [7, 11) is 1.49. The lowest BCUT2D eigenvalue weighted by atomic mass is 10.1. The van der Waals surface area contributed by atoms with Crippen molar-refractivity contribution < 1.29 is 18.7 Å². The van der Waals surface area contributed by atoms with Crippen molar-refractivity contribution in [2.24, 2.45) is 0 Å². The second kappa shape index (κ2) is 10.7. The minimum Gasteiger partial charge on any atom is -0.380 e. The first-order valence-electron chi connectivity index (χ1n) is 10.9. The molecule has 0 radical (unpaired) electrons. The van der Waals surface area contributed by atoms with Gasteiger partial charge in [0.2, 0.25) is 5.91 Å². The Hall–Kier alpha value is -3.01. The van der Waals surface area contributed by atoms with Crippen molar-refractivity contribution in [2.45, 2.75) is 13.0 Å². The minimum atomic E-state index is -0.479. The number of carbonyl (C=O) groups excluding carboxylic acids is 2. The van der Waals surface area contributed by atoms with E-state index in [1.54, 1.807) is 12.1 Å². The first kappa shape index (κ1) is 23.2. The van der Waals surface area contributed by atoms with Gasteiger partial charge in [-0.3, -0.25) is 25.3 Å².